The average Bonchev–Trinajstić information content (AvgIpc) is 2.85. The van der Waals surface area contributed by atoms with Gasteiger partial charge < -0.3 is 10.6 Å². The molecule has 0 bridgehead atoms. The van der Waals surface area contributed by atoms with Crippen LogP contribution < -0.4 is 5.73 Å². The Bertz CT molecular complexity index is 202. The fourth-order valence-corrected chi connectivity index (χ4v) is 1.96. The monoisotopic (exact) mass is 181 g/mol. The van der Waals surface area contributed by atoms with Crippen molar-refractivity contribution < 1.29 is 0 Å². The lowest BCUT2D eigenvalue weighted by Gasteiger charge is -2.18. The van der Waals surface area contributed by atoms with Gasteiger partial charge in [0.25, 0.3) is 0 Å². The van der Waals surface area contributed by atoms with Gasteiger partial charge in [0.15, 0.2) is 5.96 Å². The van der Waals surface area contributed by atoms with Crippen LogP contribution in [0.4, 0.5) is 0 Å². The van der Waals surface area contributed by atoms with E-state index in [0.29, 0.717) is 12.1 Å². The summed E-state index contributed by atoms with van der Waals surface area (Å²) in [6.07, 6.45) is 7.70. The van der Waals surface area contributed by atoms with E-state index in [4.69, 9.17) is 5.73 Å². The molecule has 0 amide bonds. The maximum Gasteiger partial charge on any atom is 0.191 e. The van der Waals surface area contributed by atoms with Crippen LogP contribution in [0.1, 0.15) is 38.5 Å². The lowest BCUT2D eigenvalue weighted by atomic mass is 10.3. The largest absolute Gasteiger partial charge is 0.370 e. The third-order valence-corrected chi connectivity index (χ3v) is 3.10. The number of aliphatic imine (C=N–C) groups is 1. The van der Waals surface area contributed by atoms with Gasteiger partial charge in [0, 0.05) is 13.1 Å². The summed E-state index contributed by atoms with van der Waals surface area (Å²) in [7, 11) is 2.06. The van der Waals surface area contributed by atoms with E-state index in [2.05, 4.69) is 16.9 Å². The molecule has 2 saturated carbocycles. The molecule has 3 nitrogen and oxygen atoms in total. The second-order valence-corrected chi connectivity index (χ2v) is 4.27. The van der Waals surface area contributed by atoms with Gasteiger partial charge in [-0.05, 0) is 25.7 Å². The van der Waals surface area contributed by atoms with Gasteiger partial charge in [0.2, 0.25) is 0 Å². The smallest absolute Gasteiger partial charge is 0.191 e. The van der Waals surface area contributed by atoms with Crippen LogP contribution in [0.5, 0.6) is 0 Å². The van der Waals surface area contributed by atoms with Crippen molar-refractivity contribution in [2.24, 2.45) is 10.7 Å². The zero-order valence-electron chi connectivity index (χ0n) is 8.37. The minimum absolute atomic E-state index is 0.515. The summed E-state index contributed by atoms with van der Waals surface area (Å²) in [6.45, 7) is 0. The molecular weight excluding hydrogens is 162 g/mol. The van der Waals surface area contributed by atoms with Crippen molar-refractivity contribution in [3.05, 3.63) is 0 Å². The maximum atomic E-state index is 5.91. The lowest BCUT2D eigenvalue weighted by Crippen LogP contribution is -2.36. The standard InChI is InChI=1S/C10H19N3/c1-13(9-6-7-9)10(11)12-8-4-2-3-5-8/h8-9H,2-7H2,1H3,(H2,11,12). The van der Waals surface area contributed by atoms with Crippen molar-refractivity contribution in [1.82, 2.24) is 4.90 Å². The molecule has 0 atom stereocenters. The van der Waals surface area contributed by atoms with E-state index in [1.54, 1.807) is 0 Å². The highest BCUT2D eigenvalue weighted by atomic mass is 15.3. The Hall–Kier alpha value is -0.730. The Morgan fingerprint density at radius 1 is 1.23 bits per heavy atom. The molecule has 0 heterocycles. The number of guanidine groups is 1. The van der Waals surface area contributed by atoms with Crippen molar-refractivity contribution in [3.63, 3.8) is 0 Å². The van der Waals surface area contributed by atoms with Crippen molar-refractivity contribution in [2.75, 3.05) is 7.05 Å². The number of hydrogen-bond donors (Lipinski definition) is 1. The van der Waals surface area contributed by atoms with E-state index in [0.717, 1.165) is 5.96 Å². The van der Waals surface area contributed by atoms with Gasteiger partial charge in [-0.25, -0.2) is 4.99 Å². The molecule has 2 rings (SSSR count). The summed E-state index contributed by atoms with van der Waals surface area (Å²) in [5.74, 6) is 0.759. The zero-order chi connectivity index (χ0) is 9.26. The molecule has 0 spiro atoms. The predicted molar refractivity (Wildman–Crippen MR) is 54.7 cm³/mol. The van der Waals surface area contributed by atoms with E-state index in [9.17, 15) is 0 Å². The number of nitrogens with zero attached hydrogens (tertiary/aromatic N) is 2. The van der Waals surface area contributed by atoms with Crippen LogP contribution in [-0.2, 0) is 0 Å². The van der Waals surface area contributed by atoms with Gasteiger partial charge in [-0.15, -0.1) is 0 Å². The molecular formula is C10H19N3. The average molecular weight is 181 g/mol. The first-order valence-corrected chi connectivity index (χ1v) is 5.33. The second-order valence-electron chi connectivity index (χ2n) is 4.27. The fraction of sp³-hybridized carbons (Fsp3) is 0.900. The van der Waals surface area contributed by atoms with Gasteiger partial charge in [0.05, 0.1) is 6.04 Å². The van der Waals surface area contributed by atoms with Crippen molar-refractivity contribution in [1.29, 1.82) is 0 Å². The molecule has 0 saturated heterocycles. The van der Waals surface area contributed by atoms with Crippen LogP contribution in [0.2, 0.25) is 0 Å². The minimum atomic E-state index is 0.515. The highest BCUT2D eigenvalue weighted by molar-refractivity contribution is 5.78. The summed E-state index contributed by atoms with van der Waals surface area (Å²) in [5.41, 5.74) is 5.91. The fourth-order valence-electron chi connectivity index (χ4n) is 1.96. The van der Waals surface area contributed by atoms with E-state index < -0.39 is 0 Å². The Labute approximate surface area is 80.0 Å². The van der Waals surface area contributed by atoms with Crippen LogP contribution in [0.25, 0.3) is 0 Å². The van der Waals surface area contributed by atoms with Crippen molar-refractivity contribution in [2.45, 2.75) is 50.6 Å². The van der Waals surface area contributed by atoms with Crippen molar-refractivity contribution in [3.8, 4) is 0 Å². The Morgan fingerprint density at radius 2 is 1.85 bits per heavy atom. The summed E-state index contributed by atoms with van der Waals surface area (Å²) in [5, 5.41) is 0. The van der Waals surface area contributed by atoms with Gasteiger partial charge in [-0.1, -0.05) is 12.8 Å². The highest BCUT2D eigenvalue weighted by Crippen LogP contribution is 2.26. The van der Waals surface area contributed by atoms with E-state index in [1.807, 2.05) is 0 Å². The van der Waals surface area contributed by atoms with Gasteiger partial charge in [0.1, 0.15) is 0 Å². The van der Waals surface area contributed by atoms with Crippen LogP contribution in [0, 0.1) is 0 Å². The van der Waals surface area contributed by atoms with Crippen LogP contribution in [-0.4, -0.2) is 30.0 Å². The molecule has 74 valence electrons. The first kappa shape index (κ1) is 8.85. The molecule has 0 unspecified atom stereocenters. The third kappa shape index (κ3) is 2.14. The molecule has 2 aliphatic carbocycles. The second kappa shape index (κ2) is 3.56. The SMILES string of the molecule is CN(C(N)=NC1CCCC1)C1CC1. The number of nitrogens with two attached hydrogens (primary N) is 1. The normalized spacial score (nSPS) is 25.2. The first-order chi connectivity index (χ1) is 6.27. The maximum absolute atomic E-state index is 5.91. The molecule has 2 N–H and O–H groups in total. The Morgan fingerprint density at radius 3 is 2.38 bits per heavy atom. The van der Waals surface area contributed by atoms with Crippen LogP contribution in [0.15, 0.2) is 4.99 Å². The molecule has 0 aromatic rings. The lowest BCUT2D eigenvalue weighted by molar-refractivity contribution is 0.482. The quantitative estimate of drug-likeness (QED) is 0.516. The Balaban J connectivity index is 1.89. The van der Waals surface area contributed by atoms with Gasteiger partial charge in [-0.3, -0.25) is 0 Å². The van der Waals surface area contributed by atoms with Gasteiger partial charge >= 0.3 is 0 Å². The molecule has 3 heteroatoms. The van der Waals surface area contributed by atoms with Crippen LogP contribution in [0.3, 0.4) is 0 Å². The molecule has 0 radical (unpaired) electrons. The molecule has 2 aliphatic rings. The minimum Gasteiger partial charge on any atom is -0.370 e. The summed E-state index contributed by atoms with van der Waals surface area (Å²) >= 11 is 0. The molecule has 13 heavy (non-hydrogen) atoms. The van der Waals surface area contributed by atoms with Gasteiger partial charge in [-0.2, -0.15) is 0 Å². The van der Waals surface area contributed by atoms with Crippen molar-refractivity contribution >= 4 is 5.96 Å². The molecule has 0 aromatic carbocycles. The summed E-state index contributed by atoms with van der Waals surface area (Å²) < 4.78 is 0. The van der Waals surface area contributed by atoms with E-state index in [-0.39, 0.29) is 0 Å². The number of hydrogen-bond acceptors (Lipinski definition) is 1. The first-order valence-electron chi connectivity index (χ1n) is 5.33. The zero-order valence-corrected chi connectivity index (χ0v) is 8.37. The molecule has 0 aliphatic heterocycles. The van der Waals surface area contributed by atoms with E-state index in [1.165, 1.54) is 38.5 Å². The topological polar surface area (TPSA) is 41.6 Å². The predicted octanol–water partition coefficient (Wildman–Crippen LogP) is 1.34. The summed E-state index contributed by atoms with van der Waals surface area (Å²) in [4.78, 5) is 6.69. The number of rotatable bonds is 2. The molecule has 0 aromatic heterocycles. The summed E-state index contributed by atoms with van der Waals surface area (Å²) in [6, 6.07) is 1.20. The van der Waals surface area contributed by atoms with E-state index >= 15 is 0 Å². The molecule has 2 fully saturated rings. The Kier molecular flexibility index (Phi) is 2.42. The van der Waals surface area contributed by atoms with Crippen LogP contribution >= 0.6 is 0 Å². The highest BCUT2D eigenvalue weighted by Gasteiger charge is 2.28. The third-order valence-electron chi connectivity index (χ3n) is 3.10.